The minimum absolute atomic E-state index is 0.0260. The Bertz CT molecular complexity index is 1180. The van der Waals surface area contributed by atoms with Gasteiger partial charge in [-0.3, -0.25) is 4.79 Å². The number of carbonyl (C=O) groups is 1. The molecule has 0 aliphatic carbocycles. The lowest BCUT2D eigenvalue weighted by Crippen LogP contribution is -2.34. The summed E-state index contributed by atoms with van der Waals surface area (Å²) < 4.78 is 30.8. The summed E-state index contributed by atoms with van der Waals surface area (Å²) >= 11 is 0. The Morgan fingerprint density at radius 1 is 1.29 bits per heavy atom. The number of nitriles is 1. The predicted molar refractivity (Wildman–Crippen MR) is 123 cm³/mol. The number of aliphatic hydroxyl groups is 1. The van der Waals surface area contributed by atoms with Crippen LogP contribution in [0.5, 0.6) is 11.6 Å². The average molecular weight is 470 g/mol. The van der Waals surface area contributed by atoms with E-state index >= 15 is 0 Å². The average Bonchev–Trinajstić information content (AvgIpc) is 3.06. The minimum Gasteiger partial charge on any atom is -0.495 e. The molecular formula is C25H28FN3O5. The summed E-state index contributed by atoms with van der Waals surface area (Å²) in [5.74, 6) is 4.90. The van der Waals surface area contributed by atoms with Crippen LogP contribution in [0.3, 0.4) is 0 Å². The van der Waals surface area contributed by atoms with Crippen LogP contribution in [-0.4, -0.2) is 53.8 Å². The highest BCUT2D eigenvalue weighted by molar-refractivity contribution is 5.94. The van der Waals surface area contributed by atoms with Crippen LogP contribution in [0.2, 0.25) is 0 Å². The number of aliphatic hydroxyl groups excluding tert-OH is 1. The molecule has 2 aromatic rings. The van der Waals surface area contributed by atoms with E-state index in [0.29, 0.717) is 28.5 Å². The quantitative estimate of drug-likeness (QED) is 0.494. The number of benzene rings is 1. The first-order valence-electron chi connectivity index (χ1n) is 10.9. The molecule has 1 saturated heterocycles. The van der Waals surface area contributed by atoms with Gasteiger partial charge in [-0.1, -0.05) is 12.8 Å². The van der Waals surface area contributed by atoms with Crippen molar-refractivity contribution in [1.29, 1.82) is 5.26 Å². The first-order chi connectivity index (χ1) is 16.1. The molecule has 1 aliphatic rings. The zero-order chi connectivity index (χ0) is 25.0. The highest BCUT2D eigenvalue weighted by Crippen LogP contribution is 2.33. The summed E-state index contributed by atoms with van der Waals surface area (Å²) in [6.45, 7) is 7.24. The summed E-state index contributed by atoms with van der Waals surface area (Å²) in [6, 6.07) is 4.81. The number of aromatic nitrogens is 1. The normalized spacial score (nSPS) is 20.8. The van der Waals surface area contributed by atoms with Crippen molar-refractivity contribution in [3.8, 4) is 29.5 Å². The largest absolute Gasteiger partial charge is 0.495 e. The number of halogens is 1. The number of hydrogen-bond donors (Lipinski definition) is 2. The fourth-order valence-electron chi connectivity index (χ4n) is 3.81. The number of rotatable bonds is 6. The summed E-state index contributed by atoms with van der Waals surface area (Å²) in [6.07, 6.45) is -0.939. The van der Waals surface area contributed by atoms with Gasteiger partial charge in [0.1, 0.15) is 18.4 Å². The molecule has 2 heterocycles. The van der Waals surface area contributed by atoms with E-state index in [9.17, 15) is 19.6 Å². The fraction of sp³-hybridized carbons (Fsp3) is 0.480. The van der Waals surface area contributed by atoms with Crippen molar-refractivity contribution in [1.82, 2.24) is 10.3 Å². The van der Waals surface area contributed by atoms with Crippen LogP contribution < -0.4 is 14.8 Å². The van der Waals surface area contributed by atoms with Crippen molar-refractivity contribution in [2.75, 3.05) is 13.7 Å². The molecule has 0 bridgehead atoms. The molecule has 1 aliphatic heterocycles. The zero-order valence-electron chi connectivity index (χ0n) is 19.8. The van der Waals surface area contributed by atoms with E-state index < -0.39 is 35.9 Å². The van der Waals surface area contributed by atoms with Crippen LogP contribution >= 0.6 is 0 Å². The maximum atomic E-state index is 14.1. The van der Waals surface area contributed by atoms with E-state index in [1.54, 1.807) is 32.9 Å². The second-order valence-electron chi connectivity index (χ2n) is 8.94. The van der Waals surface area contributed by atoms with Crippen LogP contribution in [-0.2, 0) is 9.53 Å². The van der Waals surface area contributed by atoms with Gasteiger partial charge in [0.15, 0.2) is 6.17 Å². The first-order valence-corrected chi connectivity index (χ1v) is 10.9. The van der Waals surface area contributed by atoms with E-state index in [0.717, 1.165) is 0 Å². The lowest BCUT2D eigenvalue weighted by atomic mass is 9.97. The van der Waals surface area contributed by atoms with Crippen molar-refractivity contribution >= 4 is 16.7 Å². The van der Waals surface area contributed by atoms with Gasteiger partial charge in [0, 0.05) is 22.9 Å². The third-order valence-electron chi connectivity index (χ3n) is 5.43. The van der Waals surface area contributed by atoms with Crippen LogP contribution in [0.15, 0.2) is 18.3 Å². The molecule has 3 rings (SSSR count). The van der Waals surface area contributed by atoms with Crippen molar-refractivity contribution in [3.05, 3.63) is 29.5 Å². The van der Waals surface area contributed by atoms with Gasteiger partial charge in [-0.2, -0.15) is 5.26 Å². The number of alkyl halides is 1. The van der Waals surface area contributed by atoms with Gasteiger partial charge in [-0.15, -0.1) is 0 Å². The highest BCUT2D eigenvalue weighted by Gasteiger charge is 2.41. The molecule has 1 unspecified atom stereocenters. The standard InChI is InChI=1S/C25H28FN3O5/c1-6-16-19(29-23(31)22(16)26)13-33-24-18-10-20(32-5)15(11-27)9-17(18)14(12-28-24)7-8-21(30)34-25(2,3)4/h9-10,12,16,19,21-22,30H,6,13H2,1-5H3,(H,29,31)/t16-,19+,21?,22-/m0/s1. The summed E-state index contributed by atoms with van der Waals surface area (Å²) in [4.78, 5) is 16.1. The molecule has 0 spiro atoms. The Balaban J connectivity index is 1.98. The highest BCUT2D eigenvalue weighted by atomic mass is 19.1. The summed E-state index contributed by atoms with van der Waals surface area (Å²) in [7, 11) is 1.45. The molecule has 4 atom stereocenters. The number of nitrogens with one attached hydrogen (secondary N) is 1. The molecule has 1 amide bonds. The van der Waals surface area contributed by atoms with Crippen LogP contribution in [0, 0.1) is 29.1 Å². The number of hydrogen-bond acceptors (Lipinski definition) is 7. The van der Waals surface area contributed by atoms with Gasteiger partial charge in [0.05, 0.1) is 29.9 Å². The van der Waals surface area contributed by atoms with Crippen molar-refractivity contribution in [2.45, 2.75) is 58.2 Å². The van der Waals surface area contributed by atoms with E-state index in [-0.39, 0.29) is 18.1 Å². The smallest absolute Gasteiger partial charge is 0.255 e. The molecule has 0 radical (unpaired) electrons. The number of methoxy groups -OCH3 is 1. The third kappa shape index (κ3) is 5.56. The predicted octanol–water partition coefficient (Wildman–Crippen LogP) is 2.84. The number of fused-ring (bicyclic) bond motifs is 1. The second kappa shape index (κ2) is 10.3. The van der Waals surface area contributed by atoms with Crippen LogP contribution in [0.1, 0.15) is 45.2 Å². The lowest BCUT2D eigenvalue weighted by molar-refractivity contribution is -0.132. The monoisotopic (exact) mass is 469 g/mol. The fourth-order valence-corrected chi connectivity index (χ4v) is 3.81. The van der Waals surface area contributed by atoms with Crippen molar-refractivity contribution < 1.29 is 28.5 Å². The lowest BCUT2D eigenvalue weighted by Gasteiger charge is -2.20. The molecule has 1 aromatic heterocycles. The molecule has 0 saturated carbocycles. The van der Waals surface area contributed by atoms with E-state index in [1.165, 1.54) is 13.3 Å². The van der Waals surface area contributed by atoms with Crippen molar-refractivity contribution in [2.24, 2.45) is 5.92 Å². The summed E-state index contributed by atoms with van der Waals surface area (Å²) in [5, 5.41) is 23.3. The third-order valence-corrected chi connectivity index (χ3v) is 5.43. The van der Waals surface area contributed by atoms with E-state index in [1.807, 2.05) is 6.92 Å². The minimum atomic E-state index is -1.57. The van der Waals surface area contributed by atoms with Gasteiger partial charge >= 0.3 is 0 Å². The van der Waals surface area contributed by atoms with Crippen LogP contribution in [0.4, 0.5) is 4.39 Å². The Morgan fingerprint density at radius 2 is 2.03 bits per heavy atom. The zero-order valence-corrected chi connectivity index (χ0v) is 19.8. The van der Waals surface area contributed by atoms with Gasteiger partial charge in [-0.25, -0.2) is 9.37 Å². The Hall–Kier alpha value is -3.40. The number of ether oxygens (including phenoxy) is 3. The molecule has 1 aromatic carbocycles. The van der Waals surface area contributed by atoms with Gasteiger partial charge in [0.25, 0.3) is 5.91 Å². The van der Waals surface area contributed by atoms with E-state index in [4.69, 9.17) is 14.2 Å². The Labute approximate surface area is 198 Å². The number of carbonyl (C=O) groups excluding carboxylic acids is 1. The summed E-state index contributed by atoms with van der Waals surface area (Å²) in [5.41, 5.74) is 0.150. The molecule has 34 heavy (non-hydrogen) atoms. The first kappa shape index (κ1) is 25.2. The molecule has 8 nitrogen and oxygen atoms in total. The molecular weight excluding hydrogens is 441 g/mol. The van der Waals surface area contributed by atoms with Crippen LogP contribution in [0.25, 0.3) is 10.8 Å². The number of pyridine rings is 1. The topological polar surface area (TPSA) is 114 Å². The molecule has 1 fully saturated rings. The van der Waals surface area contributed by atoms with Gasteiger partial charge in [-0.05, 0) is 45.2 Å². The molecule has 180 valence electrons. The van der Waals surface area contributed by atoms with E-state index in [2.05, 4.69) is 28.2 Å². The molecule has 2 N–H and O–H groups in total. The molecule has 9 heteroatoms. The second-order valence-corrected chi connectivity index (χ2v) is 8.94. The number of amides is 1. The SMILES string of the molecule is CC[C@@H]1[C@H](F)C(=O)N[C@@H]1COc1ncc(C#CC(O)OC(C)(C)C)c2cc(C#N)c(OC)cc12. The van der Waals surface area contributed by atoms with Gasteiger partial charge < -0.3 is 24.6 Å². The van der Waals surface area contributed by atoms with Gasteiger partial charge in [0.2, 0.25) is 12.2 Å². The Kier molecular flexibility index (Phi) is 7.61. The van der Waals surface area contributed by atoms with Crippen molar-refractivity contribution in [3.63, 3.8) is 0 Å². The Morgan fingerprint density at radius 3 is 2.65 bits per heavy atom. The number of nitrogens with zero attached hydrogens (tertiary/aromatic N) is 2. The maximum Gasteiger partial charge on any atom is 0.255 e. The maximum absolute atomic E-state index is 14.1.